The Hall–Kier alpha value is -2.08. The third-order valence-electron chi connectivity index (χ3n) is 3.60. The first-order chi connectivity index (χ1) is 10.3. The standard InChI is InChI=1S/C16H23N3O3/c1-10(2)7-16(3,9-17)19-15(21)11-4-5-13-12(6-11)18-14(20)8-22-13/h4-6,10H,7-9,17H2,1-3H3,(H,18,20)(H,19,21). The Labute approximate surface area is 130 Å². The molecule has 1 aromatic carbocycles. The molecule has 0 spiro atoms. The molecular formula is C16H23N3O3. The second kappa shape index (κ2) is 6.36. The van der Waals surface area contributed by atoms with E-state index < -0.39 is 5.54 Å². The van der Waals surface area contributed by atoms with Crippen molar-refractivity contribution in [2.45, 2.75) is 32.7 Å². The smallest absolute Gasteiger partial charge is 0.262 e. The summed E-state index contributed by atoms with van der Waals surface area (Å²) < 4.78 is 5.28. The number of hydrogen-bond donors (Lipinski definition) is 3. The molecule has 1 heterocycles. The van der Waals surface area contributed by atoms with E-state index in [1.807, 2.05) is 6.92 Å². The van der Waals surface area contributed by atoms with Gasteiger partial charge >= 0.3 is 0 Å². The van der Waals surface area contributed by atoms with Gasteiger partial charge in [-0.15, -0.1) is 0 Å². The predicted octanol–water partition coefficient (Wildman–Crippen LogP) is 1.51. The molecule has 2 rings (SSSR count). The molecule has 0 bridgehead atoms. The van der Waals surface area contributed by atoms with Gasteiger partial charge in [-0.1, -0.05) is 13.8 Å². The molecule has 0 aliphatic carbocycles. The number of nitrogens with two attached hydrogens (primary N) is 1. The number of rotatable bonds is 5. The molecule has 1 aliphatic rings. The van der Waals surface area contributed by atoms with Gasteiger partial charge in [0.1, 0.15) is 5.75 Å². The summed E-state index contributed by atoms with van der Waals surface area (Å²) in [5.41, 5.74) is 6.34. The average molecular weight is 305 g/mol. The first kappa shape index (κ1) is 16.3. The maximum absolute atomic E-state index is 12.4. The summed E-state index contributed by atoms with van der Waals surface area (Å²) >= 11 is 0. The third-order valence-corrected chi connectivity index (χ3v) is 3.60. The molecule has 6 heteroatoms. The fourth-order valence-corrected chi connectivity index (χ4v) is 2.66. The maximum atomic E-state index is 12.4. The molecule has 4 N–H and O–H groups in total. The van der Waals surface area contributed by atoms with Gasteiger partial charge in [0, 0.05) is 17.6 Å². The van der Waals surface area contributed by atoms with Gasteiger partial charge in [0.15, 0.2) is 6.61 Å². The van der Waals surface area contributed by atoms with Gasteiger partial charge < -0.3 is 21.1 Å². The molecule has 0 aromatic heterocycles. The van der Waals surface area contributed by atoms with E-state index in [0.29, 0.717) is 29.5 Å². The van der Waals surface area contributed by atoms with Crippen molar-refractivity contribution < 1.29 is 14.3 Å². The molecule has 1 unspecified atom stereocenters. The number of anilines is 1. The van der Waals surface area contributed by atoms with Crippen molar-refractivity contribution in [3.8, 4) is 5.75 Å². The quantitative estimate of drug-likeness (QED) is 0.768. The van der Waals surface area contributed by atoms with Crippen molar-refractivity contribution in [3.05, 3.63) is 23.8 Å². The number of carbonyl (C=O) groups excluding carboxylic acids is 2. The average Bonchev–Trinajstić information content (AvgIpc) is 2.45. The van der Waals surface area contributed by atoms with Crippen LogP contribution < -0.4 is 21.1 Å². The number of benzene rings is 1. The molecule has 0 saturated heterocycles. The van der Waals surface area contributed by atoms with Crippen LogP contribution in [0.1, 0.15) is 37.6 Å². The van der Waals surface area contributed by atoms with Crippen LogP contribution in [0.25, 0.3) is 0 Å². The Balaban J connectivity index is 2.16. The summed E-state index contributed by atoms with van der Waals surface area (Å²) in [6, 6.07) is 4.98. The van der Waals surface area contributed by atoms with Crippen molar-refractivity contribution in [2.24, 2.45) is 11.7 Å². The number of fused-ring (bicyclic) bond motifs is 1. The van der Waals surface area contributed by atoms with Gasteiger partial charge in [-0.05, 0) is 37.5 Å². The summed E-state index contributed by atoms with van der Waals surface area (Å²) in [4.78, 5) is 23.8. The molecule has 0 saturated carbocycles. The Kier molecular flexibility index (Phi) is 4.71. The van der Waals surface area contributed by atoms with E-state index in [0.717, 1.165) is 6.42 Å². The lowest BCUT2D eigenvalue weighted by molar-refractivity contribution is -0.118. The minimum Gasteiger partial charge on any atom is -0.482 e. The van der Waals surface area contributed by atoms with E-state index in [1.165, 1.54) is 0 Å². The van der Waals surface area contributed by atoms with Crippen molar-refractivity contribution in [2.75, 3.05) is 18.5 Å². The zero-order valence-corrected chi connectivity index (χ0v) is 13.2. The SMILES string of the molecule is CC(C)CC(C)(CN)NC(=O)c1ccc2c(c1)NC(=O)CO2. The van der Waals surface area contributed by atoms with E-state index in [9.17, 15) is 9.59 Å². The highest BCUT2D eigenvalue weighted by Crippen LogP contribution is 2.28. The maximum Gasteiger partial charge on any atom is 0.262 e. The Morgan fingerprint density at radius 3 is 2.86 bits per heavy atom. The first-order valence-corrected chi connectivity index (χ1v) is 7.42. The van der Waals surface area contributed by atoms with Crippen LogP contribution >= 0.6 is 0 Å². The minimum absolute atomic E-state index is 0.00181. The highest BCUT2D eigenvalue weighted by molar-refractivity contribution is 6.00. The van der Waals surface area contributed by atoms with Gasteiger partial charge in [-0.25, -0.2) is 0 Å². The minimum atomic E-state index is -0.457. The van der Waals surface area contributed by atoms with Crippen LogP contribution in [0.2, 0.25) is 0 Å². The van der Waals surface area contributed by atoms with Crippen LogP contribution in [-0.4, -0.2) is 30.5 Å². The van der Waals surface area contributed by atoms with Gasteiger partial charge in [0.05, 0.1) is 5.69 Å². The molecule has 2 amide bonds. The number of carbonyl (C=O) groups is 2. The van der Waals surface area contributed by atoms with Crippen molar-refractivity contribution in [1.82, 2.24) is 5.32 Å². The fourth-order valence-electron chi connectivity index (χ4n) is 2.66. The zero-order chi connectivity index (χ0) is 16.3. The largest absolute Gasteiger partial charge is 0.482 e. The second-order valence-corrected chi connectivity index (χ2v) is 6.36. The molecule has 0 radical (unpaired) electrons. The van der Waals surface area contributed by atoms with Crippen LogP contribution in [-0.2, 0) is 4.79 Å². The van der Waals surface area contributed by atoms with E-state index >= 15 is 0 Å². The van der Waals surface area contributed by atoms with Crippen LogP contribution in [0.15, 0.2) is 18.2 Å². The van der Waals surface area contributed by atoms with E-state index in [-0.39, 0.29) is 18.4 Å². The third kappa shape index (κ3) is 3.76. The number of ether oxygens (including phenoxy) is 1. The predicted molar refractivity (Wildman–Crippen MR) is 84.9 cm³/mol. The monoisotopic (exact) mass is 305 g/mol. The van der Waals surface area contributed by atoms with Crippen molar-refractivity contribution in [3.63, 3.8) is 0 Å². The summed E-state index contributed by atoms with van der Waals surface area (Å²) in [5.74, 6) is 0.554. The van der Waals surface area contributed by atoms with E-state index in [1.54, 1.807) is 18.2 Å². The number of nitrogens with one attached hydrogen (secondary N) is 2. The second-order valence-electron chi connectivity index (χ2n) is 6.36. The molecule has 6 nitrogen and oxygen atoms in total. The van der Waals surface area contributed by atoms with Crippen LogP contribution in [0.5, 0.6) is 5.75 Å². The van der Waals surface area contributed by atoms with Crippen molar-refractivity contribution >= 4 is 17.5 Å². The van der Waals surface area contributed by atoms with Crippen LogP contribution in [0.3, 0.4) is 0 Å². The Bertz CT molecular complexity index is 586. The zero-order valence-electron chi connectivity index (χ0n) is 13.2. The van der Waals surface area contributed by atoms with Crippen LogP contribution in [0.4, 0.5) is 5.69 Å². The molecule has 22 heavy (non-hydrogen) atoms. The molecule has 1 atom stereocenters. The first-order valence-electron chi connectivity index (χ1n) is 7.42. The molecule has 120 valence electrons. The van der Waals surface area contributed by atoms with Gasteiger partial charge in [0.2, 0.25) is 0 Å². The van der Waals surface area contributed by atoms with E-state index in [2.05, 4.69) is 24.5 Å². The van der Waals surface area contributed by atoms with E-state index in [4.69, 9.17) is 10.5 Å². The summed E-state index contributed by atoms with van der Waals surface area (Å²) in [6.45, 7) is 6.48. The highest BCUT2D eigenvalue weighted by Gasteiger charge is 2.27. The lowest BCUT2D eigenvalue weighted by Crippen LogP contribution is -2.52. The van der Waals surface area contributed by atoms with Gasteiger partial charge in [0.25, 0.3) is 11.8 Å². The van der Waals surface area contributed by atoms with Gasteiger partial charge in [-0.3, -0.25) is 9.59 Å². The summed E-state index contributed by atoms with van der Waals surface area (Å²) in [5, 5.41) is 5.69. The fraction of sp³-hybridized carbons (Fsp3) is 0.500. The summed E-state index contributed by atoms with van der Waals surface area (Å²) in [6.07, 6.45) is 0.792. The normalized spacial score (nSPS) is 16.3. The van der Waals surface area contributed by atoms with Gasteiger partial charge in [-0.2, -0.15) is 0 Å². The Morgan fingerprint density at radius 2 is 2.23 bits per heavy atom. The molecule has 1 aromatic rings. The number of hydrogen-bond acceptors (Lipinski definition) is 4. The topological polar surface area (TPSA) is 93.5 Å². The number of amides is 2. The lowest BCUT2D eigenvalue weighted by atomic mass is 9.90. The molecule has 1 aliphatic heterocycles. The van der Waals surface area contributed by atoms with Crippen molar-refractivity contribution in [1.29, 1.82) is 0 Å². The molecule has 0 fully saturated rings. The Morgan fingerprint density at radius 1 is 1.50 bits per heavy atom. The molecular weight excluding hydrogens is 282 g/mol. The summed E-state index contributed by atoms with van der Waals surface area (Å²) in [7, 11) is 0. The van der Waals surface area contributed by atoms with Crippen LogP contribution in [0, 0.1) is 5.92 Å². The lowest BCUT2D eigenvalue weighted by Gasteiger charge is -2.31. The highest BCUT2D eigenvalue weighted by atomic mass is 16.5.